The van der Waals surface area contributed by atoms with Crippen LogP contribution >= 0.6 is 0 Å². The predicted octanol–water partition coefficient (Wildman–Crippen LogP) is 13.0. The monoisotopic (exact) mass is 638 g/mol. The fraction of sp³-hybridized carbons (Fsp3) is 0.277. The van der Waals surface area contributed by atoms with Crippen molar-refractivity contribution in [2.75, 3.05) is 9.80 Å². The maximum atomic E-state index is 2.66. The van der Waals surface area contributed by atoms with Crippen LogP contribution in [0.5, 0.6) is 0 Å². The molecule has 0 N–H and O–H groups in total. The van der Waals surface area contributed by atoms with E-state index < -0.39 is 0 Å². The van der Waals surface area contributed by atoms with E-state index in [2.05, 4.69) is 187 Å². The average Bonchev–Trinajstić information content (AvgIpc) is 3.07. The van der Waals surface area contributed by atoms with Crippen molar-refractivity contribution in [3.8, 4) is 0 Å². The molecule has 0 saturated carbocycles. The van der Waals surface area contributed by atoms with Gasteiger partial charge < -0.3 is 9.80 Å². The Kier molecular flexibility index (Phi) is 5.96. The predicted molar refractivity (Wildman–Crippen MR) is 208 cm³/mol. The number of para-hydroxylation sites is 2. The van der Waals surface area contributed by atoms with Crippen LogP contribution in [0.2, 0.25) is 0 Å². The van der Waals surface area contributed by atoms with Crippen LogP contribution in [0.4, 0.5) is 34.1 Å². The maximum absolute atomic E-state index is 2.66. The third-order valence-corrected chi connectivity index (χ3v) is 12.1. The molecule has 0 amide bonds. The van der Waals surface area contributed by atoms with Crippen molar-refractivity contribution in [3.63, 3.8) is 0 Å². The van der Waals surface area contributed by atoms with Crippen LogP contribution in [0.1, 0.15) is 101 Å². The van der Waals surface area contributed by atoms with Gasteiger partial charge in [0.1, 0.15) is 0 Å². The second-order valence-corrected chi connectivity index (χ2v) is 17.2. The molecule has 0 aromatic heterocycles. The Labute approximate surface area is 292 Å². The van der Waals surface area contributed by atoms with Gasteiger partial charge in [-0.05, 0) is 91.5 Å². The Morgan fingerprint density at radius 2 is 0.878 bits per heavy atom. The highest BCUT2D eigenvalue weighted by Gasteiger charge is 2.51. The standard InChI is InChI=1S/C47H46N2/c1-44(2,3)31-21-24-32(25-22-31)48(33-23-20-29-14-10-11-15-30(29)26-33)34-27-39-43-40(28-34)47(8,9)38-19-13-17-36-42(38)49(43)41-35(45(36,4)5)16-12-18-37(41)46(39,6)7/h10-28H,1-9H3. The van der Waals surface area contributed by atoms with Crippen molar-refractivity contribution < 1.29 is 0 Å². The Morgan fingerprint density at radius 1 is 0.429 bits per heavy atom. The van der Waals surface area contributed by atoms with Crippen LogP contribution < -0.4 is 9.80 Å². The first-order valence-electron chi connectivity index (χ1n) is 17.9. The van der Waals surface area contributed by atoms with Crippen LogP contribution in [-0.2, 0) is 21.7 Å². The summed E-state index contributed by atoms with van der Waals surface area (Å²) < 4.78 is 0. The highest BCUT2D eigenvalue weighted by molar-refractivity contribution is 5.99. The summed E-state index contributed by atoms with van der Waals surface area (Å²) in [5.74, 6) is 0. The number of benzene rings is 6. The quantitative estimate of drug-likeness (QED) is 0.190. The Bertz CT molecular complexity index is 2260. The summed E-state index contributed by atoms with van der Waals surface area (Å²) in [5.41, 5.74) is 17.0. The van der Waals surface area contributed by atoms with Gasteiger partial charge >= 0.3 is 0 Å². The fourth-order valence-electron chi connectivity index (χ4n) is 9.17. The van der Waals surface area contributed by atoms with E-state index in [0.717, 1.165) is 0 Å². The van der Waals surface area contributed by atoms with Gasteiger partial charge in [0.2, 0.25) is 0 Å². The Morgan fingerprint density at radius 3 is 1.39 bits per heavy atom. The van der Waals surface area contributed by atoms with Crippen LogP contribution in [-0.4, -0.2) is 0 Å². The van der Waals surface area contributed by atoms with E-state index in [-0.39, 0.29) is 21.7 Å². The molecular weight excluding hydrogens is 593 g/mol. The van der Waals surface area contributed by atoms with Gasteiger partial charge in [0, 0.05) is 33.3 Å². The minimum absolute atomic E-state index is 0.0812. The molecule has 6 aromatic carbocycles. The molecule has 49 heavy (non-hydrogen) atoms. The normalized spacial score (nSPS) is 17.1. The molecule has 0 unspecified atom stereocenters. The van der Waals surface area contributed by atoms with E-state index in [4.69, 9.17) is 0 Å². The molecule has 9 rings (SSSR count). The molecule has 6 aromatic rings. The van der Waals surface area contributed by atoms with Gasteiger partial charge in [-0.15, -0.1) is 0 Å². The van der Waals surface area contributed by atoms with E-state index in [9.17, 15) is 0 Å². The summed E-state index contributed by atoms with van der Waals surface area (Å²) in [6.45, 7) is 21.4. The molecule has 244 valence electrons. The molecule has 0 spiro atoms. The van der Waals surface area contributed by atoms with Crippen molar-refractivity contribution in [3.05, 3.63) is 154 Å². The third-order valence-electron chi connectivity index (χ3n) is 12.1. The van der Waals surface area contributed by atoms with Gasteiger partial charge in [-0.3, -0.25) is 0 Å². The molecular formula is C47H46N2. The fourth-order valence-corrected chi connectivity index (χ4v) is 9.17. The SMILES string of the molecule is CC(C)(C)c1ccc(N(c2cc3c4c(c2)C(C)(C)c2cccc5c2N4c2c(cccc2C3(C)C)C5(C)C)c2ccc3ccccc3c2)cc1. The number of hydrogen-bond acceptors (Lipinski definition) is 2. The molecule has 3 aliphatic heterocycles. The molecule has 0 saturated heterocycles. The second-order valence-electron chi connectivity index (χ2n) is 17.2. The molecule has 0 atom stereocenters. The first kappa shape index (κ1) is 30.3. The average molecular weight is 639 g/mol. The van der Waals surface area contributed by atoms with Gasteiger partial charge in [0.25, 0.3) is 0 Å². The molecule has 2 nitrogen and oxygen atoms in total. The number of fused-ring (bicyclic) bond motifs is 1. The maximum Gasteiger partial charge on any atom is 0.0545 e. The van der Waals surface area contributed by atoms with Crippen molar-refractivity contribution in [1.82, 2.24) is 0 Å². The number of anilines is 6. The Hall–Kier alpha value is -4.82. The molecule has 3 aliphatic rings. The lowest BCUT2D eigenvalue weighted by Gasteiger charge is -2.55. The summed E-state index contributed by atoms with van der Waals surface area (Å²) in [5, 5.41) is 2.50. The third kappa shape index (κ3) is 4.01. The zero-order valence-corrected chi connectivity index (χ0v) is 30.4. The zero-order valence-electron chi connectivity index (χ0n) is 30.4. The van der Waals surface area contributed by atoms with Crippen molar-refractivity contribution in [2.45, 2.75) is 84.0 Å². The molecule has 0 bridgehead atoms. The first-order valence-corrected chi connectivity index (χ1v) is 17.9. The topological polar surface area (TPSA) is 6.48 Å². The van der Waals surface area contributed by atoms with E-state index in [1.54, 1.807) is 0 Å². The van der Waals surface area contributed by atoms with E-state index >= 15 is 0 Å². The summed E-state index contributed by atoms with van der Waals surface area (Å²) >= 11 is 0. The van der Waals surface area contributed by atoms with Crippen molar-refractivity contribution in [2.24, 2.45) is 0 Å². The smallest absolute Gasteiger partial charge is 0.0545 e. The molecule has 2 heteroatoms. The van der Waals surface area contributed by atoms with Gasteiger partial charge in [-0.1, -0.05) is 141 Å². The second kappa shape index (κ2) is 9.66. The molecule has 3 heterocycles. The molecule has 0 aliphatic carbocycles. The van der Waals surface area contributed by atoms with Crippen molar-refractivity contribution in [1.29, 1.82) is 0 Å². The molecule has 0 radical (unpaired) electrons. The minimum Gasteiger partial charge on any atom is -0.310 e. The van der Waals surface area contributed by atoms with Gasteiger partial charge in [0.15, 0.2) is 0 Å². The summed E-state index contributed by atoms with van der Waals surface area (Å²) in [6.07, 6.45) is 0. The van der Waals surface area contributed by atoms with Crippen LogP contribution in [0, 0.1) is 0 Å². The van der Waals surface area contributed by atoms with Crippen LogP contribution in [0.3, 0.4) is 0 Å². The number of rotatable bonds is 3. The van der Waals surface area contributed by atoms with E-state index in [0.29, 0.717) is 0 Å². The number of hydrogen-bond donors (Lipinski definition) is 0. The van der Waals surface area contributed by atoms with Crippen LogP contribution in [0.15, 0.2) is 115 Å². The van der Waals surface area contributed by atoms with Gasteiger partial charge in [-0.2, -0.15) is 0 Å². The van der Waals surface area contributed by atoms with E-state index in [1.807, 2.05) is 0 Å². The minimum atomic E-state index is -0.205. The summed E-state index contributed by atoms with van der Waals surface area (Å²) in [4.78, 5) is 5.14. The lowest BCUT2D eigenvalue weighted by Crippen LogP contribution is -2.43. The highest BCUT2D eigenvalue weighted by atomic mass is 15.2. The van der Waals surface area contributed by atoms with Gasteiger partial charge in [-0.25, -0.2) is 0 Å². The van der Waals surface area contributed by atoms with E-state index in [1.165, 1.54) is 83.8 Å². The lowest BCUT2D eigenvalue weighted by atomic mass is 9.61. The number of nitrogens with zero attached hydrogens (tertiary/aromatic N) is 2. The zero-order chi connectivity index (χ0) is 34.2. The Balaban J connectivity index is 1.36. The van der Waals surface area contributed by atoms with Crippen LogP contribution in [0.25, 0.3) is 10.8 Å². The summed E-state index contributed by atoms with van der Waals surface area (Å²) in [6, 6.07) is 43.9. The molecule has 0 fully saturated rings. The van der Waals surface area contributed by atoms with Crippen molar-refractivity contribution >= 4 is 44.9 Å². The highest BCUT2D eigenvalue weighted by Crippen LogP contribution is 2.66. The van der Waals surface area contributed by atoms with Gasteiger partial charge in [0.05, 0.1) is 17.1 Å². The largest absolute Gasteiger partial charge is 0.310 e. The lowest BCUT2D eigenvalue weighted by molar-refractivity contribution is 0.566. The first-order chi connectivity index (χ1) is 23.2. The summed E-state index contributed by atoms with van der Waals surface area (Å²) in [7, 11) is 0.